The zero-order valence-corrected chi connectivity index (χ0v) is 23.2. The van der Waals surface area contributed by atoms with Crippen molar-refractivity contribution in [1.29, 1.82) is 0 Å². The van der Waals surface area contributed by atoms with Crippen LogP contribution >= 0.6 is 0 Å². The maximum absolute atomic E-state index is 4.81. The maximum atomic E-state index is 4.81. The minimum Gasteiger partial charge on any atom is -0.321 e. The van der Waals surface area contributed by atoms with E-state index in [0.29, 0.717) is 6.04 Å². The predicted molar refractivity (Wildman–Crippen MR) is 151 cm³/mol. The molecule has 3 aromatic rings. The van der Waals surface area contributed by atoms with Gasteiger partial charge in [0.25, 0.3) is 0 Å². The third-order valence-electron chi connectivity index (χ3n) is 4.87. The molecule has 3 rings (SSSR count). The molecule has 0 aliphatic rings. The molecule has 184 valence electrons. The van der Waals surface area contributed by atoms with Crippen LogP contribution in [-0.4, -0.2) is 9.55 Å². The molecule has 1 unspecified atom stereocenters. The lowest BCUT2D eigenvalue weighted by Gasteiger charge is -2.13. The molecule has 0 N–H and O–H groups in total. The largest absolute Gasteiger partial charge is 0.321 e. The van der Waals surface area contributed by atoms with Gasteiger partial charge in [0.15, 0.2) is 0 Å². The van der Waals surface area contributed by atoms with Crippen molar-refractivity contribution >= 4 is 11.0 Å². The molecule has 2 nitrogen and oxygen atoms in total. The van der Waals surface area contributed by atoms with Gasteiger partial charge >= 0.3 is 0 Å². The highest BCUT2D eigenvalue weighted by molar-refractivity contribution is 5.80. The van der Waals surface area contributed by atoms with Crippen molar-refractivity contribution in [3.8, 4) is 11.4 Å². The molecule has 1 atom stereocenters. The molecule has 0 aliphatic heterocycles. The van der Waals surface area contributed by atoms with Gasteiger partial charge < -0.3 is 4.57 Å². The maximum Gasteiger partial charge on any atom is 0.141 e. The van der Waals surface area contributed by atoms with E-state index >= 15 is 0 Å². The Morgan fingerprint density at radius 2 is 1.52 bits per heavy atom. The van der Waals surface area contributed by atoms with Crippen LogP contribution in [-0.2, 0) is 0 Å². The van der Waals surface area contributed by atoms with E-state index in [-0.39, 0.29) is 0 Å². The van der Waals surface area contributed by atoms with Crippen molar-refractivity contribution in [1.82, 2.24) is 9.55 Å². The number of hydrogen-bond acceptors (Lipinski definition) is 1. The molecule has 2 aromatic carbocycles. The number of allylic oxidation sites excluding steroid dienone is 1. The normalized spacial score (nSPS) is 10.9. The van der Waals surface area contributed by atoms with Crippen molar-refractivity contribution in [3.63, 3.8) is 0 Å². The summed E-state index contributed by atoms with van der Waals surface area (Å²) in [5.41, 5.74) is 5.88. The van der Waals surface area contributed by atoms with Crippen molar-refractivity contribution < 1.29 is 0 Å². The topological polar surface area (TPSA) is 17.8 Å². The minimum absolute atomic E-state index is 0.392. The standard InChI is InChI=1S/C17H18N2.C7H16.C4H8.C3H8/c1-12(2)19-16-10-5-4-9-15(16)18-17(19)14-8-6-7-13(3)11-14;1-4-6-7(3)5-2;1-4(2)3;1-3-2/h4-12H,1-3H3;7H,4-6H2,1-3H3;1H2,2-3H3;3H2,1-2H3. The Labute approximate surface area is 205 Å². The van der Waals surface area contributed by atoms with Crippen LogP contribution in [0.15, 0.2) is 60.7 Å². The van der Waals surface area contributed by atoms with E-state index in [1.807, 2.05) is 19.9 Å². The highest BCUT2D eigenvalue weighted by atomic mass is 15.1. The van der Waals surface area contributed by atoms with Crippen molar-refractivity contribution in [2.75, 3.05) is 0 Å². The van der Waals surface area contributed by atoms with Crippen molar-refractivity contribution in [2.45, 2.75) is 101 Å². The van der Waals surface area contributed by atoms with Gasteiger partial charge in [0.1, 0.15) is 5.82 Å². The summed E-state index contributed by atoms with van der Waals surface area (Å²) in [7, 11) is 0. The zero-order chi connectivity index (χ0) is 25.4. The van der Waals surface area contributed by atoms with E-state index in [0.717, 1.165) is 17.3 Å². The van der Waals surface area contributed by atoms with Crippen LogP contribution in [0.4, 0.5) is 0 Å². The molecule has 0 saturated heterocycles. The van der Waals surface area contributed by atoms with Crippen LogP contribution < -0.4 is 0 Å². The first-order valence-corrected chi connectivity index (χ1v) is 12.8. The Morgan fingerprint density at radius 3 is 1.97 bits per heavy atom. The fourth-order valence-corrected chi connectivity index (χ4v) is 3.25. The van der Waals surface area contributed by atoms with Gasteiger partial charge in [0.2, 0.25) is 0 Å². The summed E-state index contributed by atoms with van der Waals surface area (Å²) in [6.45, 7) is 25.1. The molecule has 1 aromatic heterocycles. The first-order chi connectivity index (χ1) is 15.6. The molecule has 33 heavy (non-hydrogen) atoms. The highest BCUT2D eigenvalue weighted by Crippen LogP contribution is 2.28. The van der Waals surface area contributed by atoms with Crippen LogP contribution in [0.3, 0.4) is 0 Å². The third-order valence-corrected chi connectivity index (χ3v) is 4.87. The van der Waals surface area contributed by atoms with Crippen LogP contribution in [0.25, 0.3) is 22.4 Å². The summed E-state index contributed by atoms with van der Waals surface area (Å²) in [6.07, 6.45) is 5.33. The second-order valence-electron chi connectivity index (χ2n) is 9.47. The fraction of sp³-hybridized carbons (Fsp3) is 0.516. The number of aryl methyl sites for hydroxylation is 1. The summed E-state index contributed by atoms with van der Waals surface area (Å²) in [5, 5.41) is 0. The second-order valence-corrected chi connectivity index (χ2v) is 9.47. The molecule has 0 bridgehead atoms. The van der Waals surface area contributed by atoms with Gasteiger partial charge in [-0.2, -0.15) is 0 Å². The van der Waals surface area contributed by atoms with Gasteiger partial charge in [-0.1, -0.05) is 102 Å². The summed E-state index contributed by atoms with van der Waals surface area (Å²) in [6, 6.07) is 17.3. The van der Waals surface area contributed by atoms with Crippen LogP contribution in [0.5, 0.6) is 0 Å². The Balaban J connectivity index is 0.000000608. The molecule has 2 heteroatoms. The quantitative estimate of drug-likeness (QED) is 0.353. The first kappa shape index (κ1) is 30.6. The second kappa shape index (κ2) is 17.2. The van der Waals surface area contributed by atoms with Gasteiger partial charge in [-0.3, -0.25) is 0 Å². The summed E-state index contributed by atoms with van der Waals surface area (Å²) in [4.78, 5) is 4.81. The van der Waals surface area contributed by atoms with Gasteiger partial charge in [0.05, 0.1) is 11.0 Å². The van der Waals surface area contributed by atoms with E-state index in [1.54, 1.807) is 0 Å². The number of benzene rings is 2. The highest BCUT2D eigenvalue weighted by Gasteiger charge is 2.14. The molecule has 0 fully saturated rings. The third kappa shape index (κ3) is 11.9. The number of rotatable bonds is 5. The SMILES string of the molecule is C=C(C)C.CCC.CCCC(C)CC.Cc1cccc(-c2nc3ccccc3n2C(C)C)c1. The molecule has 0 amide bonds. The first-order valence-electron chi connectivity index (χ1n) is 12.8. The molecular weight excluding hydrogens is 400 g/mol. The number of hydrogen-bond donors (Lipinski definition) is 0. The lowest BCUT2D eigenvalue weighted by atomic mass is 10.0. The van der Waals surface area contributed by atoms with Crippen LogP contribution in [0, 0.1) is 12.8 Å². The van der Waals surface area contributed by atoms with Gasteiger partial charge in [0, 0.05) is 11.6 Å². The van der Waals surface area contributed by atoms with Crippen LogP contribution in [0.1, 0.15) is 99.6 Å². The summed E-state index contributed by atoms with van der Waals surface area (Å²) in [5.74, 6) is 2.00. The lowest BCUT2D eigenvalue weighted by molar-refractivity contribution is 0.509. The van der Waals surface area contributed by atoms with Crippen molar-refractivity contribution in [2.24, 2.45) is 5.92 Å². The Hall–Kier alpha value is -2.35. The van der Waals surface area contributed by atoms with Crippen LogP contribution in [0.2, 0.25) is 0 Å². The average molecular weight is 451 g/mol. The summed E-state index contributed by atoms with van der Waals surface area (Å²) < 4.78 is 2.31. The number of imidazole rings is 1. The van der Waals surface area contributed by atoms with E-state index in [2.05, 4.69) is 109 Å². The molecule has 0 radical (unpaired) electrons. The van der Waals surface area contributed by atoms with E-state index in [9.17, 15) is 0 Å². The monoisotopic (exact) mass is 450 g/mol. The van der Waals surface area contributed by atoms with E-state index in [4.69, 9.17) is 4.98 Å². The minimum atomic E-state index is 0.392. The Bertz CT molecular complexity index is 914. The predicted octanol–water partition coefficient (Wildman–Crippen LogP) is 10.4. The number of nitrogens with zero attached hydrogens (tertiary/aromatic N) is 2. The molecule has 0 saturated carbocycles. The summed E-state index contributed by atoms with van der Waals surface area (Å²) >= 11 is 0. The Morgan fingerprint density at radius 1 is 0.939 bits per heavy atom. The molecule has 0 aliphatic carbocycles. The fourth-order valence-electron chi connectivity index (χ4n) is 3.25. The lowest BCUT2D eigenvalue weighted by Crippen LogP contribution is -2.03. The number of para-hydroxylation sites is 2. The zero-order valence-electron chi connectivity index (χ0n) is 23.2. The van der Waals surface area contributed by atoms with Gasteiger partial charge in [-0.25, -0.2) is 4.98 Å². The number of fused-ring (bicyclic) bond motifs is 1. The smallest absolute Gasteiger partial charge is 0.141 e. The van der Waals surface area contributed by atoms with E-state index < -0.39 is 0 Å². The van der Waals surface area contributed by atoms with E-state index in [1.165, 1.54) is 47.9 Å². The van der Waals surface area contributed by atoms with Gasteiger partial charge in [-0.15, -0.1) is 6.58 Å². The average Bonchev–Trinajstić information content (AvgIpc) is 3.14. The Kier molecular flexibility index (Phi) is 15.9. The van der Waals surface area contributed by atoms with Gasteiger partial charge in [-0.05, 0) is 58.7 Å². The molecular formula is C31H50N2. The number of aromatic nitrogens is 2. The molecule has 0 spiro atoms. The van der Waals surface area contributed by atoms with Crippen molar-refractivity contribution in [3.05, 3.63) is 66.2 Å². The molecule has 1 heterocycles.